The Balaban J connectivity index is 0.000000963. The highest BCUT2D eigenvalue weighted by Crippen LogP contribution is 2.38. The van der Waals surface area contributed by atoms with Gasteiger partial charge in [0.25, 0.3) is 0 Å². The molecule has 4 heteroatoms. The highest BCUT2D eigenvalue weighted by atomic mass is 35.5. The molecule has 2 aliphatic heterocycles. The third-order valence-corrected chi connectivity index (χ3v) is 4.34. The zero-order valence-corrected chi connectivity index (χ0v) is 10.5. The van der Waals surface area contributed by atoms with E-state index in [1.54, 1.807) is 0 Å². The summed E-state index contributed by atoms with van der Waals surface area (Å²) in [4.78, 5) is 14.5. The summed E-state index contributed by atoms with van der Waals surface area (Å²) in [5.74, 6) is 1.54. The summed E-state index contributed by atoms with van der Waals surface area (Å²) in [6.07, 6.45) is 6.16. The maximum Gasteiger partial charge on any atom is 0.227 e. The minimum absolute atomic E-state index is 0. The van der Waals surface area contributed by atoms with E-state index in [1.165, 1.54) is 25.7 Å². The molecule has 0 aromatic heterocycles. The van der Waals surface area contributed by atoms with Gasteiger partial charge in [-0.2, -0.15) is 0 Å². The molecule has 1 amide bonds. The van der Waals surface area contributed by atoms with E-state index >= 15 is 0 Å². The molecule has 3 aliphatic rings. The van der Waals surface area contributed by atoms with E-state index in [1.807, 2.05) is 0 Å². The van der Waals surface area contributed by atoms with Crippen LogP contribution in [-0.4, -0.2) is 36.5 Å². The monoisotopic (exact) mass is 244 g/mol. The van der Waals surface area contributed by atoms with E-state index in [4.69, 9.17) is 0 Å². The maximum absolute atomic E-state index is 12.3. The summed E-state index contributed by atoms with van der Waals surface area (Å²) < 4.78 is 0. The Morgan fingerprint density at radius 3 is 2.69 bits per heavy atom. The van der Waals surface area contributed by atoms with Crippen molar-refractivity contribution in [2.45, 2.75) is 38.1 Å². The van der Waals surface area contributed by atoms with Crippen molar-refractivity contribution in [3.8, 4) is 0 Å². The highest BCUT2D eigenvalue weighted by molar-refractivity contribution is 5.85. The van der Waals surface area contributed by atoms with Gasteiger partial charge in [0, 0.05) is 19.1 Å². The number of amides is 1. The zero-order valence-electron chi connectivity index (χ0n) is 9.65. The fourth-order valence-electron chi connectivity index (χ4n) is 3.49. The number of piperidine rings is 2. The Kier molecular flexibility index (Phi) is 3.75. The SMILES string of the molecule is Cl.O=C([C@@H]1CCCNC1)N1CC2CCC1C2. The summed E-state index contributed by atoms with van der Waals surface area (Å²) in [5.41, 5.74) is 0. The van der Waals surface area contributed by atoms with Gasteiger partial charge >= 0.3 is 0 Å². The molecule has 1 N–H and O–H groups in total. The highest BCUT2D eigenvalue weighted by Gasteiger charge is 2.41. The lowest BCUT2D eigenvalue weighted by Gasteiger charge is -2.32. The first-order valence-corrected chi connectivity index (χ1v) is 6.36. The Morgan fingerprint density at radius 2 is 2.12 bits per heavy atom. The van der Waals surface area contributed by atoms with Crippen molar-refractivity contribution in [1.82, 2.24) is 10.2 Å². The van der Waals surface area contributed by atoms with Crippen LogP contribution in [0.4, 0.5) is 0 Å². The van der Waals surface area contributed by atoms with Crippen LogP contribution in [-0.2, 0) is 4.79 Å². The number of nitrogens with zero attached hydrogens (tertiary/aromatic N) is 1. The van der Waals surface area contributed by atoms with Crippen LogP contribution < -0.4 is 5.32 Å². The van der Waals surface area contributed by atoms with Gasteiger partial charge in [-0.15, -0.1) is 12.4 Å². The number of carbonyl (C=O) groups excluding carboxylic acids is 1. The third kappa shape index (κ3) is 2.07. The second-order valence-corrected chi connectivity index (χ2v) is 5.37. The number of halogens is 1. The predicted octanol–water partition coefficient (Wildman–Crippen LogP) is 1.42. The molecule has 2 heterocycles. The van der Waals surface area contributed by atoms with Crippen LogP contribution in [0.25, 0.3) is 0 Å². The molecule has 2 bridgehead atoms. The summed E-state index contributed by atoms with van der Waals surface area (Å²) in [7, 11) is 0. The summed E-state index contributed by atoms with van der Waals surface area (Å²) in [6.45, 7) is 3.06. The first kappa shape index (κ1) is 12.2. The molecule has 2 saturated heterocycles. The largest absolute Gasteiger partial charge is 0.339 e. The Bertz CT molecular complexity index is 266. The van der Waals surface area contributed by atoms with Gasteiger partial charge in [-0.3, -0.25) is 4.79 Å². The fourth-order valence-corrected chi connectivity index (χ4v) is 3.49. The number of hydrogen-bond donors (Lipinski definition) is 1. The number of nitrogens with one attached hydrogen (secondary N) is 1. The van der Waals surface area contributed by atoms with E-state index in [-0.39, 0.29) is 18.3 Å². The molecule has 0 aromatic carbocycles. The average molecular weight is 245 g/mol. The quantitative estimate of drug-likeness (QED) is 0.757. The number of carbonyl (C=O) groups is 1. The van der Waals surface area contributed by atoms with Crippen molar-refractivity contribution in [1.29, 1.82) is 0 Å². The van der Waals surface area contributed by atoms with Crippen LogP contribution in [0.3, 0.4) is 0 Å². The molecule has 0 radical (unpaired) electrons. The van der Waals surface area contributed by atoms with Crippen LogP contribution >= 0.6 is 12.4 Å². The molecule has 16 heavy (non-hydrogen) atoms. The van der Waals surface area contributed by atoms with Gasteiger partial charge < -0.3 is 10.2 Å². The average Bonchev–Trinajstić information content (AvgIpc) is 2.91. The van der Waals surface area contributed by atoms with Crippen LogP contribution in [0.15, 0.2) is 0 Å². The standard InChI is InChI=1S/C12H20N2O.ClH/c15-12(10-2-1-5-13-7-10)14-8-9-3-4-11(14)6-9;/h9-11,13H,1-8H2;1H/t9?,10-,11?;/m1./s1. The van der Waals surface area contributed by atoms with Crippen molar-refractivity contribution in [2.24, 2.45) is 11.8 Å². The van der Waals surface area contributed by atoms with E-state index in [2.05, 4.69) is 10.2 Å². The fraction of sp³-hybridized carbons (Fsp3) is 0.917. The van der Waals surface area contributed by atoms with E-state index in [0.717, 1.165) is 32.0 Å². The molecule has 3 atom stereocenters. The first-order valence-electron chi connectivity index (χ1n) is 6.36. The number of rotatable bonds is 1. The Morgan fingerprint density at radius 1 is 1.25 bits per heavy atom. The van der Waals surface area contributed by atoms with E-state index in [0.29, 0.717) is 11.9 Å². The topological polar surface area (TPSA) is 32.3 Å². The molecular weight excluding hydrogens is 224 g/mol. The maximum atomic E-state index is 12.3. The van der Waals surface area contributed by atoms with Gasteiger partial charge in [-0.05, 0) is 44.6 Å². The lowest BCUT2D eigenvalue weighted by Crippen LogP contribution is -2.46. The van der Waals surface area contributed by atoms with Gasteiger partial charge in [0.1, 0.15) is 0 Å². The van der Waals surface area contributed by atoms with E-state index < -0.39 is 0 Å². The molecule has 0 spiro atoms. The Hall–Kier alpha value is -0.280. The summed E-state index contributed by atoms with van der Waals surface area (Å²) in [6, 6.07) is 0.601. The smallest absolute Gasteiger partial charge is 0.227 e. The molecule has 3 nitrogen and oxygen atoms in total. The lowest BCUT2D eigenvalue weighted by molar-refractivity contribution is -0.137. The van der Waals surface area contributed by atoms with Crippen LogP contribution in [0, 0.1) is 11.8 Å². The van der Waals surface area contributed by atoms with Crippen LogP contribution in [0.1, 0.15) is 32.1 Å². The third-order valence-electron chi connectivity index (χ3n) is 4.34. The predicted molar refractivity (Wildman–Crippen MR) is 65.7 cm³/mol. The van der Waals surface area contributed by atoms with Crippen LogP contribution in [0.5, 0.6) is 0 Å². The normalized spacial score (nSPS) is 37.2. The molecule has 3 fully saturated rings. The van der Waals surface area contributed by atoms with Gasteiger partial charge in [-0.25, -0.2) is 0 Å². The molecule has 0 aromatic rings. The molecule has 3 rings (SSSR count). The van der Waals surface area contributed by atoms with Crippen molar-refractivity contribution >= 4 is 18.3 Å². The molecular formula is C12H21ClN2O. The van der Waals surface area contributed by atoms with Crippen molar-refractivity contribution in [2.75, 3.05) is 19.6 Å². The number of fused-ring (bicyclic) bond motifs is 2. The molecule has 1 saturated carbocycles. The second kappa shape index (κ2) is 4.92. The minimum Gasteiger partial charge on any atom is -0.339 e. The molecule has 1 aliphatic carbocycles. The number of likely N-dealkylation sites (tertiary alicyclic amines) is 1. The summed E-state index contributed by atoms with van der Waals surface area (Å²) in [5, 5.41) is 3.34. The summed E-state index contributed by atoms with van der Waals surface area (Å²) >= 11 is 0. The van der Waals surface area contributed by atoms with Gasteiger partial charge in [-0.1, -0.05) is 0 Å². The van der Waals surface area contributed by atoms with Crippen molar-refractivity contribution < 1.29 is 4.79 Å². The van der Waals surface area contributed by atoms with Crippen molar-refractivity contribution in [3.63, 3.8) is 0 Å². The second-order valence-electron chi connectivity index (χ2n) is 5.37. The molecule has 2 unspecified atom stereocenters. The van der Waals surface area contributed by atoms with Crippen molar-refractivity contribution in [3.05, 3.63) is 0 Å². The zero-order chi connectivity index (χ0) is 10.3. The van der Waals surface area contributed by atoms with Gasteiger partial charge in [0.15, 0.2) is 0 Å². The van der Waals surface area contributed by atoms with E-state index in [9.17, 15) is 4.79 Å². The van der Waals surface area contributed by atoms with Gasteiger partial charge in [0.2, 0.25) is 5.91 Å². The first-order chi connectivity index (χ1) is 7.34. The molecule has 92 valence electrons. The lowest BCUT2D eigenvalue weighted by atomic mass is 9.97. The van der Waals surface area contributed by atoms with Gasteiger partial charge in [0.05, 0.1) is 5.92 Å². The Labute approximate surface area is 103 Å². The minimum atomic E-state index is 0. The number of hydrogen-bond acceptors (Lipinski definition) is 2. The van der Waals surface area contributed by atoms with Crippen LogP contribution in [0.2, 0.25) is 0 Å².